The maximum Gasteiger partial charge on any atom is 0.0296 e. The van der Waals surface area contributed by atoms with E-state index in [9.17, 15) is 0 Å². The molecule has 0 amide bonds. The molecule has 0 nitrogen and oxygen atoms in total. The lowest BCUT2D eigenvalue weighted by Gasteiger charge is -2.27. The summed E-state index contributed by atoms with van der Waals surface area (Å²) in [5.41, 5.74) is 10.9. The summed E-state index contributed by atoms with van der Waals surface area (Å²) in [5.74, 6) is 13.0. The molecule has 30 heavy (non-hydrogen) atoms. The van der Waals surface area contributed by atoms with Crippen LogP contribution in [0.15, 0.2) is 60.7 Å². The number of hydrogen-bond donors (Lipinski definition) is 0. The predicted molar refractivity (Wildman–Crippen MR) is 126 cm³/mol. The zero-order chi connectivity index (χ0) is 20.9. The fourth-order valence-electron chi connectivity index (χ4n) is 5.56. The molecule has 0 fully saturated rings. The minimum absolute atomic E-state index is 0.0822. The van der Waals surface area contributed by atoms with Crippen LogP contribution in [0.25, 0.3) is 22.3 Å². The molecule has 0 spiro atoms. The van der Waals surface area contributed by atoms with E-state index in [1.165, 1.54) is 44.5 Å². The lowest BCUT2D eigenvalue weighted by molar-refractivity contribution is 0.599. The van der Waals surface area contributed by atoms with Crippen molar-refractivity contribution in [1.29, 1.82) is 0 Å². The largest absolute Gasteiger partial charge is 0.107 e. The van der Waals surface area contributed by atoms with Crippen LogP contribution < -0.4 is 0 Å². The van der Waals surface area contributed by atoms with Gasteiger partial charge in [-0.1, -0.05) is 62.4 Å². The van der Waals surface area contributed by atoms with E-state index in [-0.39, 0.29) is 10.8 Å². The van der Waals surface area contributed by atoms with Crippen LogP contribution in [0.1, 0.15) is 62.8 Å². The number of fused-ring (bicyclic) bond motifs is 6. The lowest BCUT2D eigenvalue weighted by atomic mass is 9.75. The van der Waals surface area contributed by atoms with Gasteiger partial charge in [-0.3, -0.25) is 0 Å². The Kier molecular flexibility index (Phi) is 4.17. The van der Waals surface area contributed by atoms with Gasteiger partial charge in [-0.25, -0.2) is 0 Å². The van der Waals surface area contributed by atoms with Crippen molar-refractivity contribution < 1.29 is 0 Å². The third kappa shape index (κ3) is 2.38. The molecule has 0 heteroatoms. The van der Waals surface area contributed by atoms with Crippen LogP contribution in [0.3, 0.4) is 0 Å². The summed E-state index contributed by atoms with van der Waals surface area (Å²) in [5, 5.41) is 0. The van der Waals surface area contributed by atoms with Gasteiger partial charge >= 0.3 is 0 Å². The highest BCUT2D eigenvalue weighted by Crippen LogP contribution is 2.57. The molecule has 146 valence electrons. The van der Waals surface area contributed by atoms with Crippen LogP contribution in [0.4, 0.5) is 0 Å². The van der Waals surface area contributed by atoms with E-state index >= 15 is 0 Å². The lowest BCUT2D eigenvalue weighted by Crippen LogP contribution is -2.21. The fraction of sp³-hybridized carbons (Fsp3) is 0.267. The highest BCUT2D eigenvalue weighted by atomic mass is 14.5. The first kappa shape index (κ1) is 18.8. The second-order valence-corrected chi connectivity index (χ2v) is 8.91. The Morgan fingerprint density at radius 2 is 0.967 bits per heavy atom. The second-order valence-electron chi connectivity index (χ2n) is 8.91. The van der Waals surface area contributed by atoms with Gasteiger partial charge in [0.1, 0.15) is 0 Å². The Balaban J connectivity index is 1.82. The average molecular weight is 387 g/mol. The standard InChI is InChI=1S/C30H26/c1-5-7-17-29(3)25-15-11-9-13-21(25)23-20-28-24(19-27(23)29)22-14-10-12-16-26(22)30(28,4)18-8-6-2/h9-16,19-20H,17-18H2,1-4H3. The number of hydrogen-bond acceptors (Lipinski definition) is 0. The highest BCUT2D eigenvalue weighted by molar-refractivity contribution is 5.89. The van der Waals surface area contributed by atoms with E-state index in [1.54, 1.807) is 0 Å². The summed E-state index contributed by atoms with van der Waals surface area (Å²) in [7, 11) is 0. The monoisotopic (exact) mass is 386 g/mol. The maximum atomic E-state index is 3.38. The van der Waals surface area contributed by atoms with Gasteiger partial charge < -0.3 is 0 Å². The summed E-state index contributed by atoms with van der Waals surface area (Å²) in [6, 6.07) is 22.7. The van der Waals surface area contributed by atoms with Crippen molar-refractivity contribution in [3.8, 4) is 45.9 Å². The topological polar surface area (TPSA) is 0 Å². The van der Waals surface area contributed by atoms with Crippen molar-refractivity contribution >= 4 is 0 Å². The van der Waals surface area contributed by atoms with Crippen LogP contribution in [0.2, 0.25) is 0 Å². The van der Waals surface area contributed by atoms with E-state index < -0.39 is 0 Å². The Hall–Kier alpha value is -3.22. The molecule has 3 aromatic rings. The first-order chi connectivity index (χ1) is 14.5. The Morgan fingerprint density at radius 1 is 0.567 bits per heavy atom. The fourth-order valence-corrected chi connectivity index (χ4v) is 5.56. The van der Waals surface area contributed by atoms with Crippen molar-refractivity contribution in [3.05, 3.63) is 82.9 Å². The smallest absolute Gasteiger partial charge is 0.0296 e. The minimum atomic E-state index is -0.0822. The average Bonchev–Trinajstić information content (AvgIpc) is 3.18. The molecule has 2 aliphatic carbocycles. The molecule has 2 unspecified atom stereocenters. The van der Waals surface area contributed by atoms with Gasteiger partial charge in [0.15, 0.2) is 0 Å². The maximum absolute atomic E-state index is 3.38. The van der Waals surface area contributed by atoms with Gasteiger partial charge in [-0.05, 0) is 70.5 Å². The molecule has 0 aromatic heterocycles. The summed E-state index contributed by atoms with van der Waals surface area (Å²) in [4.78, 5) is 0. The molecule has 0 N–H and O–H groups in total. The van der Waals surface area contributed by atoms with Crippen LogP contribution in [-0.2, 0) is 10.8 Å². The van der Waals surface area contributed by atoms with E-state index in [0.717, 1.165) is 12.8 Å². The second kappa shape index (κ2) is 6.65. The summed E-state index contributed by atoms with van der Waals surface area (Å²) in [6.45, 7) is 8.59. The molecule has 5 rings (SSSR count). The summed E-state index contributed by atoms with van der Waals surface area (Å²) < 4.78 is 0. The van der Waals surface area contributed by atoms with Gasteiger partial charge in [-0.2, -0.15) is 0 Å². The predicted octanol–water partition coefficient (Wildman–Crippen LogP) is 7.09. The molecule has 0 bridgehead atoms. The Bertz CT molecular complexity index is 1200. The van der Waals surface area contributed by atoms with Crippen molar-refractivity contribution in [2.45, 2.75) is 51.4 Å². The van der Waals surface area contributed by atoms with Gasteiger partial charge in [-0.15, -0.1) is 23.7 Å². The number of benzene rings is 3. The zero-order valence-corrected chi connectivity index (χ0v) is 18.2. The van der Waals surface area contributed by atoms with Crippen molar-refractivity contribution in [2.24, 2.45) is 0 Å². The normalized spacial score (nSPS) is 22.0. The van der Waals surface area contributed by atoms with Crippen LogP contribution in [0, 0.1) is 23.7 Å². The highest BCUT2D eigenvalue weighted by Gasteiger charge is 2.44. The van der Waals surface area contributed by atoms with Gasteiger partial charge in [0, 0.05) is 23.7 Å². The number of rotatable bonds is 2. The van der Waals surface area contributed by atoms with Crippen LogP contribution in [0.5, 0.6) is 0 Å². The minimum Gasteiger partial charge on any atom is -0.107 e. The van der Waals surface area contributed by atoms with Crippen molar-refractivity contribution in [1.82, 2.24) is 0 Å². The van der Waals surface area contributed by atoms with E-state index in [4.69, 9.17) is 0 Å². The molecule has 0 radical (unpaired) electrons. The molecule has 0 saturated carbocycles. The van der Waals surface area contributed by atoms with Crippen LogP contribution >= 0.6 is 0 Å². The molecular formula is C30H26. The molecule has 2 aliphatic rings. The van der Waals surface area contributed by atoms with Crippen LogP contribution in [-0.4, -0.2) is 0 Å². The SMILES string of the molecule is CC#CCC1(C)c2ccccc2-c2cc3c(cc21)-c1ccccc1C3(C)CC#CC. The molecule has 0 saturated heterocycles. The third-order valence-electron chi connectivity index (χ3n) is 7.21. The first-order valence-electron chi connectivity index (χ1n) is 10.7. The van der Waals surface area contributed by atoms with E-state index in [1.807, 2.05) is 13.8 Å². The van der Waals surface area contributed by atoms with Crippen molar-refractivity contribution in [2.75, 3.05) is 0 Å². The quantitative estimate of drug-likeness (QED) is 0.413. The molecular weight excluding hydrogens is 360 g/mol. The van der Waals surface area contributed by atoms with Gasteiger partial charge in [0.2, 0.25) is 0 Å². The summed E-state index contributed by atoms with van der Waals surface area (Å²) in [6.07, 6.45) is 1.68. The molecule has 0 heterocycles. The van der Waals surface area contributed by atoms with Gasteiger partial charge in [0.05, 0.1) is 0 Å². The molecule has 2 atom stereocenters. The zero-order valence-electron chi connectivity index (χ0n) is 18.2. The first-order valence-corrected chi connectivity index (χ1v) is 10.7. The summed E-state index contributed by atoms with van der Waals surface area (Å²) >= 11 is 0. The van der Waals surface area contributed by atoms with Crippen molar-refractivity contribution in [3.63, 3.8) is 0 Å². The Morgan fingerprint density at radius 3 is 1.37 bits per heavy atom. The molecule has 3 aromatic carbocycles. The van der Waals surface area contributed by atoms with Gasteiger partial charge in [0.25, 0.3) is 0 Å². The van der Waals surface area contributed by atoms with E-state index in [2.05, 4.69) is 98.2 Å². The Labute approximate surface area is 180 Å². The third-order valence-corrected chi connectivity index (χ3v) is 7.21. The van der Waals surface area contributed by atoms with E-state index in [0.29, 0.717) is 0 Å². The molecule has 0 aliphatic heterocycles.